The topological polar surface area (TPSA) is 67.4 Å². The van der Waals surface area contributed by atoms with E-state index in [1.807, 2.05) is 0 Å². The number of fused-ring (bicyclic) bond motifs is 1. The van der Waals surface area contributed by atoms with Crippen LogP contribution in [-0.4, -0.2) is 28.9 Å². The van der Waals surface area contributed by atoms with Gasteiger partial charge in [-0.05, 0) is 31.2 Å². The molecule has 1 heterocycles. The number of methoxy groups -OCH3 is 1. The van der Waals surface area contributed by atoms with E-state index in [1.165, 1.54) is 18.4 Å². The van der Waals surface area contributed by atoms with E-state index < -0.39 is 21.3 Å². The van der Waals surface area contributed by atoms with Gasteiger partial charge in [-0.15, -0.1) is 11.3 Å². The van der Waals surface area contributed by atoms with Crippen LogP contribution in [0.25, 0.3) is 0 Å². The normalized spacial score (nSPS) is 15.8. The van der Waals surface area contributed by atoms with Crippen LogP contribution in [0.1, 0.15) is 54.4 Å². The number of carbonyl (C=O) groups excluding carboxylic acids is 2. The van der Waals surface area contributed by atoms with Crippen LogP contribution in [0.5, 0.6) is 0 Å². The van der Waals surface area contributed by atoms with Crippen molar-refractivity contribution in [3.05, 3.63) is 16.0 Å². The van der Waals surface area contributed by atoms with Crippen LogP contribution in [0, 0.1) is 5.41 Å². The third-order valence-electron chi connectivity index (χ3n) is 4.12. The molecule has 5 nitrogen and oxygen atoms in total. The molecule has 0 aromatic carbocycles. The van der Waals surface area contributed by atoms with Gasteiger partial charge in [0.25, 0.3) is 0 Å². The number of aryl methyl sites for hydroxylation is 1. The fourth-order valence-corrected chi connectivity index (χ4v) is 4.30. The number of amides is 1. The quantitative estimate of drug-likeness (QED) is 0.404. The molecule has 1 aromatic rings. The van der Waals surface area contributed by atoms with Crippen LogP contribution in [0.3, 0.4) is 0 Å². The van der Waals surface area contributed by atoms with Crippen molar-refractivity contribution in [1.29, 1.82) is 0 Å². The van der Waals surface area contributed by atoms with Gasteiger partial charge in [-0.25, -0.2) is 4.79 Å². The third kappa shape index (κ3) is 4.97. The summed E-state index contributed by atoms with van der Waals surface area (Å²) in [5.41, 5.74) is 0.799. The fourth-order valence-electron chi connectivity index (χ4n) is 2.66. The third-order valence-corrected chi connectivity index (χ3v) is 6.00. The molecule has 26 heavy (non-hydrogen) atoms. The predicted molar refractivity (Wildman–Crippen MR) is 108 cm³/mol. The van der Waals surface area contributed by atoms with Crippen LogP contribution < -0.4 is 10.6 Å². The number of carbonyl (C=O) groups is 2. The molecule has 0 radical (unpaired) electrons. The molecular weight excluding hydrogens is 419 g/mol. The maximum atomic E-state index is 12.4. The lowest BCUT2D eigenvalue weighted by molar-refractivity contribution is -0.129. The Hall–Kier alpha value is -0.690. The Morgan fingerprint density at radius 1 is 1.15 bits per heavy atom. The zero-order chi connectivity index (χ0) is 19.7. The molecule has 1 amide bonds. The summed E-state index contributed by atoms with van der Waals surface area (Å²) in [6.07, 6.45) is 2.80. The number of alkyl halides is 3. The Morgan fingerprint density at radius 2 is 1.77 bits per heavy atom. The number of hydrogen-bond donors (Lipinski definition) is 2. The van der Waals surface area contributed by atoms with Gasteiger partial charge in [-0.2, -0.15) is 0 Å². The smallest absolute Gasteiger partial charge is 0.341 e. The van der Waals surface area contributed by atoms with Crippen molar-refractivity contribution in [3.8, 4) is 0 Å². The largest absolute Gasteiger partial charge is 0.465 e. The summed E-state index contributed by atoms with van der Waals surface area (Å²) in [5.74, 6) is -0.709. The highest BCUT2D eigenvalue weighted by Gasteiger charge is 2.38. The molecule has 1 aliphatic rings. The summed E-state index contributed by atoms with van der Waals surface area (Å²) < 4.78 is 3.14. The number of rotatable bonds is 4. The molecule has 0 fully saturated rings. The number of esters is 1. The van der Waals surface area contributed by atoms with Crippen molar-refractivity contribution in [2.75, 3.05) is 12.4 Å². The molecular formula is C17H23Cl3N2O3S. The van der Waals surface area contributed by atoms with E-state index in [4.69, 9.17) is 39.5 Å². The summed E-state index contributed by atoms with van der Waals surface area (Å²) in [5, 5.41) is 6.32. The summed E-state index contributed by atoms with van der Waals surface area (Å²) in [6.45, 7) is 5.30. The van der Waals surface area contributed by atoms with Crippen LogP contribution in [-0.2, 0) is 22.4 Å². The molecule has 0 bridgehead atoms. The van der Waals surface area contributed by atoms with E-state index in [1.54, 1.807) is 20.8 Å². The Bertz CT molecular complexity index is 693. The average molecular weight is 442 g/mol. The number of ether oxygens (including phenoxy) is 1. The van der Waals surface area contributed by atoms with Crippen molar-refractivity contribution in [2.24, 2.45) is 5.41 Å². The van der Waals surface area contributed by atoms with Crippen LogP contribution in [0.4, 0.5) is 5.00 Å². The zero-order valence-electron chi connectivity index (χ0n) is 15.2. The van der Waals surface area contributed by atoms with Crippen LogP contribution >= 0.6 is 46.1 Å². The van der Waals surface area contributed by atoms with Gasteiger partial charge in [0.1, 0.15) is 11.2 Å². The molecule has 0 saturated heterocycles. The number of nitrogens with one attached hydrogen (secondary N) is 2. The van der Waals surface area contributed by atoms with E-state index in [9.17, 15) is 9.59 Å². The molecule has 146 valence electrons. The molecule has 0 saturated carbocycles. The first-order valence-electron chi connectivity index (χ1n) is 8.32. The Morgan fingerprint density at radius 3 is 2.31 bits per heavy atom. The summed E-state index contributed by atoms with van der Waals surface area (Å²) >= 11 is 19.7. The molecule has 0 spiro atoms. The lowest BCUT2D eigenvalue weighted by atomic mass is 9.95. The highest BCUT2D eigenvalue weighted by atomic mass is 35.6. The second-order valence-corrected chi connectivity index (χ2v) is 10.7. The SMILES string of the molecule is COC(=O)c1c(N[C@@H](NC(=O)C(C)(C)C)C(Cl)(Cl)Cl)sc2c1CCCC2. The van der Waals surface area contributed by atoms with Crippen molar-refractivity contribution in [3.63, 3.8) is 0 Å². The van der Waals surface area contributed by atoms with E-state index in [2.05, 4.69) is 10.6 Å². The Labute approximate surface area is 172 Å². The second-order valence-electron chi connectivity index (χ2n) is 7.25. The van der Waals surface area contributed by atoms with Crippen molar-refractivity contribution >= 4 is 63.0 Å². The highest BCUT2D eigenvalue weighted by Crippen LogP contribution is 2.41. The molecule has 1 aliphatic carbocycles. The summed E-state index contributed by atoms with van der Waals surface area (Å²) in [4.78, 5) is 25.8. The van der Waals surface area contributed by atoms with E-state index >= 15 is 0 Å². The number of thiophene rings is 1. The first kappa shape index (κ1) is 21.6. The van der Waals surface area contributed by atoms with Gasteiger partial charge >= 0.3 is 5.97 Å². The molecule has 2 rings (SSSR count). The van der Waals surface area contributed by atoms with E-state index in [0.717, 1.165) is 36.1 Å². The number of hydrogen-bond acceptors (Lipinski definition) is 5. The molecule has 1 atom stereocenters. The molecule has 2 N–H and O–H groups in total. The molecule has 1 aromatic heterocycles. The van der Waals surface area contributed by atoms with Crippen molar-refractivity contribution in [1.82, 2.24) is 5.32 Å². The second kappa shape index (κ2) is 8.13. The molecule has 9 heteroatoms. The van der Waals surface area contributed by atoms with Crippen LogP contribution in [0.15, 0.2) is 0 Å². The molecule has 0 unspecified atom stereocenters. The van der Waals surface area contributed by atoms with Gasteiger partial charge in [0.2, 0.25) is 9.70 Å². The van der Waals surface area contributed by atoms with Gasteiger partial charge in [-0.3, -0.25) is 4.79 Å². The first-order valence-corrected chi connectivity index (χ1v) is 10.3. The van der Waals surface area contributed by atoms with Crippen molar-refractivity contribution < 1.29 is 14.3 Å². The van der Waals surface area contributed by atoms with Gasteiger partial charge < -0.3 is 15.4 Å². The van der Waals surface area contributed by atoms with Crippen molar-refractivity contribution in [2.45, 2.75) is 56.4 Å². The van der Waals surface area contributed by atoms with E-state index in [0.29, 0.717) is 10.6 Å². The maximum absolute atomic E-state index is 12.4. The summed E-state index contributed by atoms with van der Waals surface area (Å²) in [6, 6.07) is 0. The van der Waals surface area contributed by atoms with Gasteiger partial charge in [0, 0.05) is 10.3 Å². The minimum atomic E-state index is -1.81. The predicted octanol–water partition coefficient (Wildman–Crippen LogP) is 4.68. The summed E-state index contributed by atoms with van der Waals surface area (Å²) in [7, 11) is 1.34. The standard InChI is InChI=1S/C17H23Cl3N2O3S/c1-16(2,3)15(24)22-14(17(18,19)20)21-12-11(13(23)25-4)9-7-5-6-8-10(9)26-12/h14,21H,5-8H2,1-4H3,(H,22,24)/t14-/m0/s1. The highest BCUT2D eigenvalue weighted by molar-refractivity contribution is 7.16. The molecule has 0 aliphatic heterocycles. The lowest BCUT2D eigenvalue weighted by Gasteiger charge is -2.30. The van der Waals surface area contributed by atoms with Gasteiger partial charge in [0.15, 0.2) is 0 Å². The zero-order valence-corrected chi connectivity index (χ0v) is 18.3. The minimum Gasteiger partial charge on any atom is -0.465 e. The average Bonchev–Trinajstić information content (AvgIpc) is 2.89. The fraction of sp³-hybridized carbons (Fsp3) is 0.647. The number of halogens is 3. The van der Waals surface area contributed by atoms with Gasteiger partial charge in [-0.1, -0.05) is 55.6 Å². The van der Waals surface area contributed by atoms with Gasteiger partial charge in [0.05, 0.1) is 12.7 Å². The maximum Gasteiger partial charge on any atom is 0.341 e. The minimum absolute atomic E-state index is 0.276. The van der Waals surface area contributed by atoms with Crippen LogP contribution in [0.2, 0.25) is 0 Å². The Balaban J connectivity index is 2.37. The first-order chi connectivity index (χ1) is 11.9. The lowest BCUT2D eigenvalue weighted by Crippen LogP contribution is -2.52. The monoisotopic (exact) mass is 440 g/mol. The number of anilines is 1. The Kier molecular flexibility index (Phi) is 6.76. The van der Waals surface area contributed by atoms with E-state index in [-0.39, 0.29) is 5.91 Å².